The molecule has 2 N–H and O–H groups in total. The van der Waals surface area contributed by atoms with Crippen molar-refractivity contribution < 1.29 is 9.53 Å². The molecular weight excluding hydrogens is 434 g/mol. The molecule has 1 aromatic carbocycles. The van der Waals surface area contributed by atoms with Gasteiger partial charge >= 0.3 is 0 Å². The summed E-state index contributed by atoms with van der Waals surface area (Å²) in [5, 5.41) is 6.94. The van der Waals surface area contributed by atoms with Crippen molar-refractivity contribution in [2.75, 3.05) is 18.5 Å². The highest BCUT2D eigenvalue weighted by atomic mass is 32.1. The van der Waals surface area contributed by atoms with E-state index in [2.05, 4.69) is 32.4 Å². The zero-order valence-corrected chi connectivity index (χ0v) is 19.1. The highest BCUT2D eigenvalue weighted by Crippen LogP contribution is 2.39. The highest BCUT2D eigenvalue weighted by Gasteiger charge is 2.42. The van der Waals surface area contributed by atoms with E-state index in [0.717, 1.165) is 43.1 Å². The predicted octanol–water partition coefficient (Wildman–Crippen LogP) is 3.67. The topological polar surface area (TPSA) is 71.4 Å². The van der Waals surface area contributed by atoms with Crippen molar-refractivity contribution in [2.24, 2.45) is 0 Å². The maximum atomic E-state index is 13.0. The van der Waals surface area contributed by atoms with E-state index in [-0.39, 0.29) is 30.6 Å². The van der Waals surface area contributed by atoms with Crippen molar-refractivity contribution in [3.63, 3.8) is 0 Å². The zero-order valence-electron chi connectivity index (χ0n) is 18.3. The first-order valence-corrected chi connectivity index (χ1v) is 11.7. The number of pyridine rings is 1. The van der Waals surface area contributed by atoms with Gasteiger partial charge < -0.3 is 24.8 Å². The van der Waals surface area contributed by atoms with Gasteiger partial charge in [-0.05, 0) is 61.5 Å². The van der Waals surface area contributed by atoms with Gasteiger partial charge in [-0.1, -0.05) is 24.3 Å². The van der Waals surface area contributed by atoms with Gasteiger partial charge in [0.05, 0.1) is 23.9 Å². The number of hydrogen-bond donors (Lipinski definition) is 2. The molecule has 7 nitrogen and oxygen atoms in total. The van der Waals surface area contributed by atoms with Crippen molar-refractivity contribution >= 4 is 28.9 Å². The fourth-order valence-electron chi connectivity index (χ4n) is 4.64. The van der Waals surface area contributed by atoms with Crippen LogP contribution in [0.2, 0.25) is 0 Å². The molecule has 2 saturated heterocycles. The van der Waals surface area contributed by atoms with Gasteiger partial charge in [0.1, 0.15) is 6.54 Å². The molecule has 8 heteroatoms. The molecule has 0 aliphatic carbocycles. The van der Waals surface area contributed by atoms with Crippen molar-refractivity contribution in [1.29, 1.82) is 0 Å². The summed E-state index contributed by atoms with van der Waals surface area (Å²) in [6.07, 6.45) is 6.23. The second-order valence-corrected chi connectivity index (χ2v) is 8.78. The Kier molecular flexibility index (Phi) is 6.37. The van der Waals surface area contributed by atoms with E-state index in [1.807, 2.05) is 59.5 Å². The summed E-state index contributed by atoms with van der Waals surface area (Å²) in [5.74, 6) is -0.116. The van der Waals surface area contributed by atoms with Gasteiger partial charge in [0, 0.05) is 36.9 Å². The van der Waals surface area contributed by atoms with Gasteiger partial charge in [-0.3, -0.25) is 9.78 Å². The average molecular weight is 462 g/mol. The van der Waals surface area contributed by atoms with Gasteiger partial charge in [-0.2, -0.15) is 0 Å². The van der Waals surface area contributed by atoms with Crippen molar-refractivity contribution in [3.05, 3.63) is 84.4 Å². The first kappa shape index (κ1) is 21.6. The lowest BCUT2D eigenvalue weighted by atomic mass is 10.0. The molecule has 2 aromatic heterocycles. The summed E-state index contributed by atoms with van der Waals surface area (Å²) in [6, 6.07) is 19.1. The average Bonchev–Trinajstić information content (AvgIpc) is 3.57. The molecule has 2 aliphatic heterocycles. The molecule has 4 heterocycles. The SMILES string of the molecule is O=C(CN1C(=S)N[C@H](c2ccccn2)[C@@H]1c1cccn1C[C@@H]1CCCO1)Nc1ccccc1. The van der Waals surface area contributed by atoms with Crippen LogP contribution in [0.15, 0.2) is 73.1 Å². The van der Waals surface area contributed by atoms with E-state index in [0.29, 0.717) is 5.11 Å². The predicted molar refractivity (Wildman–Crippen MR) is 131 cm³/mol. The van der Waals surface area contributed by atoms with Gasteiger partial charge in [-0.15, -0.1) is 0 Å². The van der Waals surface area contributed by atoms with Crippen LogP contribution in [-0.2, 0) is 16.1 Å². The number of carbonyl (C=O) groups excluding carboxylic acids is 1. The van der Waals surface area contributed by atoms with E-state index in [9.17, 15) is 4.79 Å². The van der Waals surface area contributed by atoms with E-state index >= 15 is 0 Å². The smallest absolute Gasteiger partial charge is 0.244 e. The van der Waals surface area contributed by atoms with Gasteiger partial charge in [0.2, 0.25) is 5.91 Å². The molecule has 3 atom stereocenters. The summed E-state index contributed by atoms with van der Waals surface area (Å²) in [5.41, 5.74) is 2.74. The third-order valence-corrected chi connectivity index (χ3v) is 6.51. The lowest BCUT2D eigenvalue weighted by Gasteiger charge is -2.29. The van der Waals surface area contributed by atoms with E-state index in [1.165, 1.54) is 0 Å². The number of ether oxygens (including phenoxy) is 1. The van der Waals surface area contributed by atoms with E-state index < -0.39 is 0 Å². The number of thiocarbonyl (C=S) groups is 1. The Balaban J connectivity index is 1.44. The molecule has 0 radical (unpaired) electrons. The monoisotopic (exact) mass is 461 g/mol. The molecule has 2 fully saturated rings. The normalized spacial score (nSPS) is 22.4. The summed E-state index contributed by atoms with van der Waals surface area (Å²) in [7, 11) is 0. The summed E-state index contributed by atoms with van der Waals surface area (Å²) in [6.45, 7) is 1.74. The first-order chi connectivity index (χ1) is 16.2. The van der Waals surface area contributed by atoms with Crippen LogP contribution in [0.4, 0.5) is 5.69 Å². The fraction of sp³-hybridized carbons (Fsp3) is 0.320. The Morgan fingerprint density at radius 2 is 2.00 bits per heavy atom. The second kappa shape index (κ2) is 9.72. The number of carbonyl (C=O) groups is 1. The molecule has 5 rings (SSSR count). The van der Waals surface area contributed by atoms with Crippen LogP contribution in [0.1, 0.15) is 36.3 Å². The van der Waals surface area contributed by atoms with Crippen LogP contribution in [-0.4, -0.2) is 44.7 Å². The molecule has 0 spiro atoms. The maximum Gasteiger partial charge on any atom is 0.244 e. The first-order valence-electron chi connectivity index (χ1n) is 11.3. The molecule has 0 bridgehead atoms. The third-order valence-electron chi connectivity index (χ3n) is 6.16. The molecule has 0 saturated carbocycles. The van der Waals surface area contributed by atoms with Crippen LogP contribution in [0.25, 0.3) is 0 Å². The number of aromatic nitrogens is 2. The number of benzene rings is 1. The standard InChI is InChI=1S/C25H27N5O2S/c31-22(27-18-8-2-1-3-9-18)17-30-24(23(28-25(30)33)20-11-4-5-13-26-20)21-12-6-14-29(21)16-19-10-7-15-32-19/h1-6,8-9,11-14,19,23-24H,7,10,15-17H2,(H,27,31)(H,28,33)/t19-,23+,24-/m0/s1. The lowest BCUT2D eigenvalue weighted by Crippen LogP contribution is -2.37. The van der Waals surface area contributed by atoms with Crippen molar-refractivity contribution in [2.45, 2.75) is 37.6 Å². The molecule has 1 amide bonds. The van der Waals surface area contributed by atoms with E-state index in [1.54, 1.807) is 6.20 Å². The Morgan fingerprint density at radius 3 is 2.76 bits per heavy atom. The van der Waals surface area contributed by atoms with Crippen LogP contribution in [0.5, 0.6) is 0 Å². The number of nitrogens with one attached hydrogen (secondary N) is 2. The number of rotatable bonds is 7. The minimum Gasteiger partial charge on any atom is -0.376 e. The van der Waals surface area contributed by atoms with Gasteiger partial charge in [-0.25, -0.2) is 0 Å². The Morgan fingerprint density at radius 1 is 1.15 bits per heavy atom. The summed E-state index contributed by atoms with van der Waals surface area (Å²) < 4.78 is 8.11. The number of nitrogens with zero attached hydrogens (tertiary/aromatic N) is 3. The maximum absolute atomic E-state index is 13.0. The molecule has 0 unspecified atom stereocenters. The molecule has 2 aliphatic rings. The minimum absolute atomic E-state index is 0.116. The largest absolute Gasteiger partial charge is 0.376 e. The van der Waals surface area contributed by atoms with Crippen LogP contribution in [0, 0.1) is 0 Å². The van der Waals surface area contributed by atoms with Gasteiger partial charge in [0.25, 0.3) is 0 Å². The number of para-hydroxylation sites is 1. The molecule has 3 aromatic rings. The number of anilines is 1. The van der Waals surface area contributed by atoms with Crippen molar-refractivity contribution in [3.8, 4) is 0 Å². The quantitative estimate of drug-likeness (QED) is 0.523. The number of amides is 1. The zero-order chi connectivity index (χ0) is 22.6. The van der Waals surface area contributed by atoms with E-state index in [4.69, 9.17) is 17.0 Å². The van der Waals surface area contributed by atoms with Crippen LogP contribution in [0.3, 0.4) is 0 Å². The highest BCUT2D eigenvalue weighted by molar-refractivity contribution is 7.80. The Bertz CT molecular complexity index is 1100. The van der Waals surface area contributed by atoms with Crippen LogP contribution < -0.4 is 10.6 Å². The van der Waals surface area contributed by atoms with Crippen LogP contribution >= 0.6 is 12.2 Å². The molecule has 33 heavy (non-hydrogen) atoms. The molecular formula is C25H27N5O2S. The molecule has 170 valence electrons. The minimum atomic E-state index is -0.176. The Hall–Kier alpha value is -3.23. The van der Waals surface area contributed by atoms with Gasteiger partial charge in [0.15, 0.2) is 5.11 Å². The third kappa shape index (κ3) is 4.77. The second-order valence-electron chi connectivity index (χ2n) is 8.39. The Labute approximate surface area is 198 Å². The summed E-state index contributed by atoms with van der Waals surface area (Å²) >= 11 is 5.71. The lowest BCUT2D eigenvalue weighted by molar-refractivity contribution is -0.116. The number of hydrogen-bond acceptors (Lipinski definition) is 4. The van der Waals surface area contributed by atoms with Crippen molar-refractivity contribution in [1.82, 2.24) is 19.8 Å². The fourth-order valence-corrected chi connectivity index (χ4v) is 4.95. The summed E-state index contributed by atoms with van der Waals surface area (Å²) in [4.78, 5) is 19.5.